The summed E-state index contributed by atoms with van der Waals surface area (Å²) in [4.78, 5) is 0. The van der Waals surface area contributed by atoms with E-state index < -0.39 is 0 Å². The first-order valence-corrected chi connectivity index (χ1v) is 4.80. The van der Waals surface area contributed by atoms with Gasteiger partial charge in [-0.25, -0.2) is 5.01 Å². The largest absolute Gasteiger partial charge is 0.304 e. The Labute approximate surface area is 74.5 Å². The Morgan fingerprint density at radius 3 is 2.42 bits per heavy atom. The molecule has 0 atom stereocenters. The molecule has 0 amide bonds. The number of hydrogen-bond acceptors (Lipinski definition) is 4. The van der Waals surface area contributed by atoms with Crippen molar-refractivity contribution in [1.82, 2.24) is 15.6 Å². The van der Waals surface area contributed by atoms with Crippen molar-refractivity contribution in [3.05, 3.63) is 0 Å². The molecule has 1 heterocycles. The fourth-order valence-electron chi connectivity index (χ4n) is 1.35. The highest BCUT2D eigenvalue weighted by Gasteiger charge is 1.99. The first-order chi connectivity index (χ1) is 5.89. The topological polar surface area (TPSA) is 53.3 Å². The van der Waals surface area contributed by atoms with Crippen molar-refractivity contribution in [3.63, 3.8) is 0 Å². The predicted octanol–water partition coefficient (Wildman–Crippen LogP) is -0.517. The Hall–Kier alpha value is -0.160. The molecular weight excluding hydrogens is 152 g/mol. The normalized spacial score (nSPS) is 24.8. The quantitative estimate of drug-likeness (QED) is 0.431. The van der Waals surface area contributed by atoms with E-state index in [4.69, 9.17) is 5.84 Å². The van der Waals surface area contributed by atoms with Crippen LogP contribution in [0, 0.1) is 0 Å². The smallest absolute Gasteiger partial charge is 0.0454 e. The molecule has 0 unspecified atom stereocenters. The van der Waals surface area contributed by atoms with Gasteiger partial charge in [-0.1, -0.05) is 0 Å². The van der Waals surface area contributed by atoms with Crippen LogP contribution in [0.1, 0.15) is 19.3 Å². The maximum absolute atomic E-state index is 5.76. The second kappa shape index (κ2) is 6.37. The number of hydrazine groups is 1. The Kier molecular flexibility index (Phi) is 5.27. The van der Waals surface area contributed by atoms with Crippen molar-refractivity contribution >= 4 is 0 Å². The molecule has 0 aromatic heterocycles. The Balaban J connectivity index is 2.13. The third-order valence-electron chi connectivity index (χ3n) is 2.10. The average Bonchev–Trinajstić information content (AvgIpc) is 2.11. The van der Waals surface area contributed by atoms with Crippen LogP contribution in [0.2, 0.25) is 0 Å². The minimum absolute atomic E-state index is 0.935. The second-order valence-electron chi connectivity index (χ2n) is 3.27. The van der Waals surface area contributed by atoms with Crippen molar-refractivity contribution in [1.29, 1.82) is 0 Å². The number of nitrogens with zero attached hydrogens (tertiary/aromatic N) is 1. The highest BCUT2D eigenvalue weighted by atomic mass is 15.4. The zero-order valence-corrected chi connectivity index (χ0v) is 7.68. The van der Waals surface area contributed by atoms with E-state index >= 15 is 0 Å². The van der Waals surface area contributed by atoms with Crippen LogP contribution >= 0.6 is 0 Å². The summed E-state index contributed by atoms with van der Waals surface area (Å²) in [7, 11) is 0. The standard InChI is InChI=1S/C8H20N4/c9-12-6-2-1-4-10-8-11-5-3-7-12/h10-11H,1-9H2. The van der Waals surface area contributed by atoms with Crippen molar-refractivity contribution in [2.45, 2.75) is 19.3 Å². The summed E-state index contributed by atoms with van der Waals surface area (Å²) < 4.78 is 0. The summed E-state index contributed by atoms with van der Waals surface area (Å²) in [5.74, 6) is 5.76. The Bertz CT molecular complexity index is 95.2. The first kappa shape index (κ1) is 9.92. The van der Waals surface area contributed by atoms with E-state index in [9.17, 15) is 0 Å². The van der Waals surface area contributed by atoms with Gasteiger partial charge in [-0.15, -0.1) is 0 Å². The zero-order valence-electron chi connectivity index (χ0n) is 7.68. The molecule has 0 aliphatic carbocycles. The molecule has 0 spiro atoms. The van der Waals surface area contributed by atoms with Crippen LogP contribution in [0.25, 0.3) is 0 Å². The van der Waals surface area contributed by atoms with Gasteiger partial charge < -0.3 is 10.6 Å². The number of nitrogens with one attached hydrogen (secondary N) is 2. The van der Waals surface area contributed by atoms with E-state index in [0.717, 1.165) is 39.3 Å². The van der Waals surface area contributed by atoms with Crippen molar-refractivity contribution in [3.8, 4) is 0 Å². The van der Waals surface area contributed by atoms with Crippen molar-refractivity contribution in [2.24, 2.45) is 5.84 Å². The van der Waals surface area contributed by atoms with Gasteiger partial charge in [0.1, 0.15) is 0 Å². The Morgan fingerprint density at radius 1 is 0.917 bits per heavy atom. The van der Waals surface area contributed by atoms with E-state index in [1.807, 2.05) is 5.01 Å². The molecule has 12 heavy (non-hydrogen) atoms. The Morgan fingerprint density at radius 2 is 1.58 bits per heavy atom. The van der Waals surface area contributed by atoms with Crippen LogP contribution in [0.15, 0.2) is 0 Å². The van der Waals surface area contributed by atoms with Gasteiger partial charge in [-0.05, 0) is 32.4 Å². The van der Waals surface area contributed by atoms with Crippen LogP contribution in [0.4, 0.5) is 0 Å². The van der Waals surface area contributed by atoms with Gasteiger partial charge in [0.2, 0.25) is 0 Å². The molecule has 72 valence electrons. The molecule has 0 bridgehead atoms. The van der Waals surface area contributed by atoms with E-state index in [0.29, 0.717) is 0 Å². The highest BCUT2D eigenvalue weighted by Crippen LogP contribution is 1.91. The van der Waals surface area contributed by atoms with E-state index in [1.165, 1.54) is 12.8 Å². The van der Waals surface area contributed by atoms with Crippen molar-refractivity contribution < 1.29 is 0 Å². The molecular formula is C8H20N4. The lowest BCUT2D eigenvalue weighted by Gasteiger charge is -2.14. The average molecular weight is 172 g/mol. The lowest BCUT2D eigenvalue weighted by Crippen LogP contribution is -2.34. The molecule has 1 rings (SSSR count). The summed E-state index contributed by atoms with van der Waals surface area (Å²) in [6.07, 6.45) is 3.55. The zero-order chi connectivity index (χ0) is 8.65. The van der Waals surface area contributed by atoms with Crippen LogP contribution < -0.4 is 16.5 Å². The molecule has 4 N–H and O–H groups in total. The SMILES string of the molecule is NN1CCCCNCNCCC1. The van der Waals surface area contributed by atoms with E-state index in [1.54, 1.807) is 0 Å². The molecule has 4 nitrogen and oxygen atoms in total. The van der Waals surface area contributed by atoms with Crippen LogP contribution in [0.5, 0.6) is 0 Å². The minimum atomic E-state index is 0.935. The maximum Gasteiger partial charge on any atom is 0.0454 e. The monoisotopic (exact) mass is 172 g/mol. The van der Waals surface area contributed by atoms with Gasteiger partial charge in [0.15, 0.2) is 0 Å². The van der Waals surface area contributed by atoms with Gasteiger partial charge in [-0.3, -0.25) is 5.84 Å². The molecule has 1 fully saturated rings. The minimum Gasteiger partial charge on any atom is -0.304 e. The predicted molar refractivity (Wildman–Crippen MR) is 50.5 cm³/mol. The fourth-order valence-corrected chi connectivity index (χ4v) is 1.35. The lowest BCUT2D eigenvalue weighted by atomic mass is 10.3. The third kappa shape index (κ3) is 4.66. The summed E-state index contributed by atoms with van der Waals surface area (Å²) in [5, 5.41) is 8.56. The van der Waals surface area contributed by atoms with E-state index in [-0.39, 0.29) is 0 Å². The van der Waals surface area contributed by atoms with Gasteiger partial charge >= 0.3 is 0 Å². The van der Waals surface area contributed by atoms with Gasteiger partial charge in [-0.2, -0.15) is 0 Å². The van der Waals surface area contributed by atoms with Crippen LogP contribution in [-0.2, 0) is 0 Å². The molecule has 1 aliphatic heterocycles. The lowest BCUT2D eigenvalue weighted by molar-refractivity contribution is 0.275. The van der Waals surface area contributed by atoms with Gasteiger partial charge in [0.05, 0.1) is 0 Å². The summed E-state index contributed by atoms with van der Waals surface area (Å²) in [6.45, 7) is 5.13. The number of rotatable bonds is 0. The van der Waals surface area contributed by atoms with Crippen LogP contribution in [-0.4, -0.2) is 37.9 Å². The molecule has 1 aliphatic rings. The first-order valence-electron chi connectivity index (χ1n) is 4.80. The molecule has 0 aromatic carbocycles. The maximum atomic E-state index is 5.76. The molecule has 0 radical (unpaired) electrons. The highest BCUT2D eigenvalue weighted by molar-refractivity contribution is 4.56. The molecule has 0 aromatic rings. The van der Waals surface area contributed by atoms with Gasteiger partial charge in [0.25, 0.3) is 0 Å². The summed E-state index contributed by atoms with van der Waals surface area (Å²) in [5.41, 5.74) is 0. The molecule has 0 saturated carbocycles. The number of hydrogen-bond donors (Lipinski definition) is 3. The fraction of sp³-hybridized carbons (Fsp3) is 1.00. The summed E-state index contributed by atoms with van der Waals surface area (Å²) in [6, 6.07) is 0. The second-order valence-corrected chi connectivity index (χ2v) is 3.27. The molecule has 4 heteroatoms. The summed E-state index contributed by atoms with van der Waals surface area (Å²) >= 11 is 0. The van der Waals surface area contributed by atoms with Crippen LogP contribution in [0.3, 0.4) is 0 Å². The van der Waals surface area contributed by atoms with Crippen molar-refractivity contribution in [2.75, 3.05) is 32.8 Å². The molecule has 1 saturated heterocycles. The van der Waals surface area contributed by atoms with E-state index in [2.05, 4.69) is 10.6 Å². The number of nitrogens with two attached hydrogens (primary N) is 1. The van der Waals surface area contributed by atoms with Gasteiger partial charge in [0, 0.05) is 19.8 Å². The third-order valence-corrected chi connectivity index (χ3v) is 2.10.